The highest BCUT2D eigenvalue weighted by atomic mass is 127. The minimum Gasteiger partial charge on any atom is -0.468 e. The summed E-state index contributed by atoms with van der Waals surface area (Å²) in [7, 11) is 0. The van der Waals surface area contributed by atoms with Crippen molar-refractivity contribution >= 4 is 29.9 Å². The lowest BCUT2D eigenvalue weighted by Crippen LogP contribution is -2.49. The molecular weight excluding hydrogens is 498 g/mol. The van der Waals surface area contributed by atoms with Crippen molar-refractivity contribution < 1.29 is 17.9 Å². The molecule has 2 N–H and O–H groups in total. The number of halogens is 4. The normalized spacial score (nSPS) is 16.4. The molecule has 166 valence electrons. The van der Waals surface area contributed by atoms with Crippen molar-refractivity contribution in [1.82, 2.24) is 20.5 Å². The summed E-state index contributed by atoms with van der Waals surface area (Å²) < 4.78 is 41.1. The summed E-state index contributed by atoms with van der Waals surface area (Å²) in [6, 6.07) is 4.05. The van der Waals surface area contributed by atoms with E-state index in [0.29, 0.717) is 18.6 Å². The van der Waals surface area contributed by atoms with Crippen LogP contribution in [-0.4, -0.2) is 60.3 Å². The predicted molar refractivity (Wildman–Crippen MR) is 119 cm³/mol. The average molecular weight is 529 g/mol. The Kier molecular flexibility index (Phi) is 11.0. The molecule has 2 heterocycles. The molecule has 1 aliphatic rings. The minimum atomic E-state index is -4.37. The van der Waals surface area contributed by atoms with E-state index in [9.17, 15) is 13.2 Å². The second kappa shape index (κ2) is 12.4. The van der Waals surface area contributed by atoms with Crippen molar-refractivity contribution in [3.63, 3.8) is 0 Å². The van der Waals surface area contributed by atoms with Crippen molar-refractivity contribution in [3.8, 4) is 5.88 Å². The lowest BCUT2D eigenvalue weighted by molar-refractivity contribution is -0.154. The van der Waals surface area contributed by atoms with Gasteiger partial charge in [-0.05, 0) is 39.2 Å². The molecular formula is C19H31F3IN5O. The number of ether oxygens (including phenoxy) is 1. The molecule has 1 aromatic rings. The summed E-state index contributed by atoms with van der Waals surface area (Å²) in [6.07, 6.45) is -0.757. The number of nitrogens with zero attached hydrogens (tertiary/aromatic N) is 3. The quantitative estimate of drug-likeness (QED) is 0.322. The zero-order chi connectivity index (χ0) is 20.6. The Balaban J connectivity index is 0.00000420. The summed E-state index contributed by atoms with van der Waals surface area (Å²) in [6.45, 7) is 8.36. The number of alkyl halides is 3. The maximum Gasteiger partial charge on any atom is 0.422 e. The van der Waals surface area contributed by atoms with Crippen LogP contribution < -0.4 is 15.4 Å². The molecule has 0 radical (unpaired) electrons. The Morgan fingerprint density at radius 1 is 1.31 bits per heavy atom. The van der Waals surface area contributed by atoms with Gasteiger partial charge in [0.2, 0.25) is 5.88 Å². The number of aliphatic imine (C=N–C) groups is 1. The van der Waals surface area contributed by atoms with Crippen molar-refractivity contribution in [2.45, 2.75) is 58.4 Å². The van der Waals surface area contributed by atoms with E-state index in [1.54, 1.807) is 6.07 Å². The number of pyridine rings is 1. The van der Waals surface area contributed by atoms with Gasteiger partial charge in [-0.3, -0.25) is 0 Å². The van der Waals surface area contributed by atoms with Gasteiger partial charge in [-0.1, -0.05) is 6.07 Å². The first kappa shape index (κ1) is 25.7. The topological polar surface area (TPSA) is 61.8 Å². The number of hydrogen-bond donors (Lipinski definition) is 2. The third kappa shape index (κ3) is 9.83. The molecule has 0 unspecified atom stereocenters. The van der Waals surface area contributed by atoms with E-state index in [0.717, 1.165) is 44.0 Å². The minimum absolute atomic E-state index is 0. The second-order valence-corrected chi connectivity index (χ2v) is 7.15. The van der Waals surface area contributed by atoms with E-state index < -0.39 is 12.8 Å². The molecule has 0 saturated carbocycles. The van der Waals surface area contributed by atoms with Gasteiger partial charge >= 0.3 is 6.18 Å². The van der Waals surface area contributed by atoms with Gasteiger partial charge in [0.05, 0.1) is 6.54 Å². The molecule has 0 aliphatic carbocycles. The van der Waals surface area contributed by atoms with Gasteiger partial charge in [0.15, 0.2) is 12.6 Å². The van der Waals surface area contributed by atoms with E-state index in [1.165, 1.54) is 12.3 Å². The van der Waals surface area contributed by atoms with Gasteiger partial charge in [-0.25, -0.2) is 9.98 Å². The van der Waals surface area contributed by atoms with Crippen molar-refractivity contribution in [2.75, 3.05) is 26.2 Å². The van der Waals surface area contributed by atoms with E-state index in [4.69, 9.17) is 0 Å². The highest BCUT2D eigenvalue weighted by Gasteiger charge is 2.28. The molecule has 29 heavy (non-hydrogen) atoms. The number of guanidine groups is 1. The van der Waals surface area contributed by atoms with Crippen LogP contribution in [0.25, 0.3) is 0 Å². The molecule has 6 nitrogen and oxygen atoms in total. The summed E-state index contributed by atoms with van der Waals surface area (Å²) in [5.41, 5.74) is 0.797. The van der Waals surface area contributed by atoms with Gasteiger partial charge in [0.25, 0.3) is 0 Å². The summed E-state index contributed by atoms with van der Waals surface area (Å²) in [5.74, 6) is 0.690. The molecule has 0 atom stereocenters. The monoisotopic (exact) mass is 529 g/mol. The van der Waals surface area contributed by atoms with Gasteiger partial charge in [-0.15, -0.1) is 24.0 Å². The number of hydrogen-bond acceptors (Lipinski definition) is 4. The van der Waals surface area contributed by atoms with Crippen LogP contribution in [0.1, 0.15) is 39.2 Å². The zero-order valence-electron chi connectivity index (χ0n) is 17.1. The largest absolute Gasteiger partial charge is 0.468 e. The van der Waals surface area contributed by atoms with Gasteiger partial charge in [0.1, 0.15) is 0 Å². The zero-order valence-corrected chi connectivity index (χ0v) is 19.5. The van der Waals surface area contributed by atoms with Crippen LogP contribution in [0.5, 0.6) is 5.88 Å². The predicted octanol–water partition coefficient (Wildman–Crippen LogP) is 3.57. The van der Waals surface area contributed by atoms with Gasteiger partial charge in [-0.2, -0.15) is 13.2 Å². The third-order valence-corrected chi connectivity index (χ3v) is 4.55. The van der Waals surface area contributed by atoms with Crippen LogP contribution in [0, 0.1) is 0 Å². The molecule has 0 bridgehead atoms. The number of aromatic nitrogens is 1. The number of likely N-dealkylation sites (tertiary alicyclic amines) is 1. The Hall–Kier alpha value is -1.30. The van der Waals surface area contributed by atoms with E-state index in [1.807, 2.05) is 6.92 Å². The SMILES string of the molecule is CCNC(=NCc1ccc(OCC(F)(F)F)nc1)NC1CCN(C(C)C)CC1.I. The standard InChI is InChI=1S/C19H30F3N5O.HI/c1-4-23-18(26-16-7-9-27(10-8-16)14(2)3)25-12-15-5-6-17(24-11-15)28-13-19(20,21)22;/h5-6,11,14,16H,4,7-10,12-13H2,1-3H3,(H2,23,25,26);1H. The molecule has 0 spiro atoms. The van der Waals surface area contributed by atoms with Crippen molar-refractivity contribution in [2.24, 2.45) is 4.99 Å². The van der Waals surface area contributed by atoms with Crippen LogP contribution in [0.4, 0.5) is 13.2 Å². The van der Waals surface area contributed by atoms with Gasteiger partial charge < -0.3 is 20.3 Å². The summed E-state index contributed by atoms with van der Waals surface area (Å²) >= 11 is 0. The van der Waals surface area contributed by atoms with E-state index >= 15 is 0 Å². The summed E-state index contributed by atoms with van der Waals surface area (Å²) in [5, 5.41) is 6.71. The third-order valence-electron chi connectivity index (χ3n) is 4.55. The van der Waals surface area contributed by atoms with Crippen LogP contribution in [-0.2, 0) is 6.54 Å². The van der Waals surface area contributed by atoms with Crippen LogP contribution in [0.15, 0.2) is 23.3 Å². The molecule has 0 aromatic carbocycles. The Morgan fingerprint density at radius 2 is 2.00 bits per heavy atom. The maximum atomic E-state index is 12.2. The fourth-order valence-electron chi connectivity index (χ4n) is 2.99. The van der Waals surface area contributed by atoms with Crippen molar-refractivity contribution in [1.29, 1.82) is 0 Å². The Labute approximate surface area is 187 Å². The lowest BCUT2D eigenvalue weighted by Gasteiger charge is -2.35. The fourth-order valence-corrected chi connectivity index (χ4v) is 2.99. The molecule has 0 amide bonds. The van der Waals surface area contributed by atoms with Gasteiger partial charge in [0, 0.05) is 44.0 Å². The van der Waals surface area contributed by atoms with E-state index in [-0.39, 0.29) is 29.9 Å². The van der Waals surface area contributed by atoms with Crippen LogP contribution in [0.2, 0.25) is 0 Å². The molecule has 10 heteroatoms. The second-order valence-electron chi connectivity index (χ2n) is 7.15. The van der Waals surface area contributed by atoms with Crippen LogP contribution in [0.3, 0.4) is 0 Å². The fraction of sp³-hybridized carbons (Fsp3) is 0.684. The lowest BCUT2D eigenvalue weighted by atomic mass is 10.0. The molecule has 2 rings (SSSR count). The molecule has 1 saturated heterocycles. The average Bonchev–Trinajstić information content (AvgIpc) is 2.65. The van der Waals surface area contributed by atoms with Crippen molar-refractivity contribution in [3.05, 3.63) is 23.9 Å². The molecule has 1 aliphatic heterocycles. The first-order valence-electron chi connectivity index (χ1n) is 9.70. The smallest absolute Gasteiger partial charge is 0.422 e. The first-order valence-corrected chi connectivity index (χ1v) is 9.70. The first-order chi connectivity index (χ1) is 13.3. The Morgan fingerprint density at radius 3 is 2.52 bits per heavy atom. The Bertz CT molecular complexity index is 617. The molecule has 1 fully saturated rings. The molecule has 1 aromatic heterocycles. The number of rotatable bonds is 7. The summed E-state index contributed by atoms with van der Waals surface area (Å²) in [4.78, 5) is 10.9. The van der Waals surface area contributed by atoms with E-state index in [2.05, 4.69) is 44.1 Å². The number of piperidine rings is 1. The highest BCUT2D eigenvalue weighted by molar-refractivity contribution is 14.0. The maximum absolute atomic E-state index is 12.2. The highest BCUT2D eigenvalue weighted by Crippen LogP contribution is 2.17. The van der Waals surface area contributed by atoms with Crippen LogP contribution >= 0.6 is 24.0 Å². The number of nitrogens with one attached hydrogen (secondary N) is 2.